The van der Waals surface area contributed by atoms with Gasteiger partial charge in [0.15, 0.2) is 10.9 Å². The van der Waals surface area contributed by atoms with Gasteiger partial charge in [-0.05, 0) is 18.3 Å². The summed E-state index contributed by atoms with van der Waals surface area (Å²) in [5.41, 5.74) is 2.68. The molecule has 0 atom stereocenters. The summed E-state index contributed by atoms with van der Waals surface area (Å²) in [6, 6.07) is 2.72. The lowest BCUT2D eigenvalue weighted by Gasteiger charge is -2.28. The van der Waals surface area contributed by atoms with E-state index in [9.17, 15) is 10.1 Å². The highest BCUT2D eigenvalue weighted by molar-refractivity contribution is 7.80. The summed E-state index contributed by atoms with van der Waals surface area (Å²) in [6.45, 7) is 2.70. The zero-order valence-corrected chi connectivity index (χ0v) is 10.8. The van der Waals surface area contributed by atoms with E-state index in [2.05, 4.69) is 10.5 Å². The van der Waals surface area contributed by atoms with E-state index in [1.165, 1.54) is 18.3 Å². The van der Waals surface area contributed by atoms with Crippen molar-refractivity contribution in [2.75, 3.05) is 26.3 Å². The Kier molecular flexibility index (Phi) is 4.42. The van der Waals surface area contributed by atoms with Gasteiger partial charge in [0.05, 0.1) is 25.5 Å². The second-order valence-electron chi connectivity index (χ2n) is 3.71. The lowest BCUT2D eigenvalue weighted by molar-refractivity contribution is -0.402. The Balaban J connectivity index is 1.84. The SMILES string of the molecule is O=[N+]([O-])c1ccc(/C=N\NC(=S)N2CCOCC2)o1. The van der Waals surface area contributed by atoms with E-state index >= 15 is 0 Å². The second kappa shape index (κ2) is 6.25. The third-order valence-electron chi connectivity index (χ3n) is 2.44. The van der Waals surface area contributed by atoms with Crippen LogP contribution in [0.3, 0.4) is 0 Å². The van der Waals surface area contributed by atoms with Crippen molar-refractivity contribution in [1.29, 1.82) is 0 Å². The number of ether oxygens (including phenoxy) is 1. The largest absolute Gasteiger partial charge is 0.433 e. The van der Waals surface area contributed by atoms with Crippen molar-refractivity contribution in [1.82, 2.24) is 10.3 Å². The number of nitrogens with zero attached hydrogens (tertiary/aromatic N) is 3. The molecule has 0 saturated carbocycles. The molecular formula is C10H12N4O4S. The number of hydrogen-bond donors (Lipinski definition) is 1. The van der Waals surface area contributed by atoms with Gasteiger partial charge in [0, 0.05) is 13.1 Å². The molecule has 1 saturated heterocycles. The Morgan fingerprint density at radius 3 is 2.89 bits per heavy atom. The van der Waals surface area contributed by atoms with Crippen LogP contribution in [0.1, 0.15) is 5.76 Å². The fraction of sp³-hybridized carbons (Fsp3) is 0.400. The maximum absolute atomic E-state index is 10.4. The van der Waals surface area contributed by atoms with Gasteiger partial charge in [-0.1, -0.05) is 0 Å². The maximum atomic E-state index is 10.4. The number of nitro groups is 1. The minimum atomic E-state index is -0.608. The minimum Gasteiger partial charge on any atom is -0.400 e. The standard InChI is InChI=1S/C10H12N4O4S/c15-14(16)9-2-1-8(18-9)7-11-12-10(19)13-3-5-17-6-4-13/h1-2,7H,3-6H2,(H,12,19)/b11-7-. The van der Waals surface area contributed by atoms with Crippen molar-refractivity contribution in [3.63, 3.8) is 0 Å². The van der Waals surface area contributed by atoms with Crippen molar-refractivity contribution >= 4 is 29.4 Å². The first kappa shape index (κ1) is 13.4. The molecular weight excluding hydrogens is 272 g/mol. The van der Waals surface area contributed by atoms with Gasteiger partial charge in [-0.25, -0.2) is 0 Å². The Bertz CT molecular complexity index is 495. The Hall–Kier alpha value is -2.00. The van der Waals surface area contributed by atoms with Gasteiger partial charge in [-0.15, -0.1) is 0 Å². The molecule has 1 N–H and O–H groups in total. The van der Waals surface area contributed by atoms with E-state index in [1.807, 2.05) is 4.90 Å². The molecule has 0 amide bonds. The number of hydrogen-bond acceptors (Lipinski definition) is 6. The fourth-order valence-corrected chi connectivity index (χ4v) is 1.73. The van der Waals surface area contributed by atoms with Crippen LogP contribution in [0.25, 0.3) is 0 Å². The fourth-order valence-electron chi connectivity index (χ4n) is 1.50. The molecule has 0 aliphatic carbocycles. The van der Waals surface area contributed by atoms with Gasteiger partial charge in [-0.3, -0.25) is 15.5 Å². The molecule has 1 fully saturated rings. The normalized spacial score (nSPS) is 15.7. The average molecular weight is 284 g/mol. The quantitative estimate of drug-likeness (QED) is 0.378. The zero-order valence-electron chi connectivity index (χ0n) is 9.94. The molecule has 0 radical (unpaired) electrons. The van der Waals surface area contributed by atoms with Crippen LogP contribution in [0.5, 0.6) is 0 Å². The minimum absolute atomic E-state index is 0.281. The molecule has 102 valence electrons. The molecule has 1 aliphatic heterocycles. The van der Waals surface area contributed by atoms with Gasteiger partial charge in [-0.2, -0.15) is 5.10 Å². The van der Waals surface area contributed by atoms with Crippen LogP contribution in [0.2, 0.25) is 0 Å². The number of nitrogens with one attached hydrogen (secondary N) is 1. The second-order valence-corrected chi connectivity index (χ2v) is 4.09. The predicted octanol–water partition coefficient (Wildman–Crippen LogP) is 0.728. The number of morpholine rings is 1. The average Bonchev–Trinajstić information content (AvgIpc) is 2.89. The summed E-state index contributed by atoms with van der Waals surface area (Å²) >= 11 is 5.14. The molecule has 9 heteroatoms. The van der Waals surface area contributed by atoms with Crippen LogP contribution >= 0.6 is 12.2 Å². The van der Waals surface area contributed by atoms with Crippen LogP contribution in [0.4, 0.5) is 5.88 Å². The van der Waals surface area contributed by atoms with Crippen LogP contribution in [-0.2, 0) is 4.74 Å². The highest BCUT2D eigenvalue weighted by Crippen LogP contribution is 2.13. The van der Waals surface area contributed by atoms with Gasteiger partial charge >= 0.3 is 5.88 Å². The van der Waals surface area contributed by atoms with E-state index in [4.69, 9.17) is 21.4 Å². The summed E-state index contributed by atoms with van der Waals surface area (Å²) in [4.78, 5) is 11.7. The predicted molar refractivity (Wildman–Crippen MR) is 71.1 cm³/mol. The van der Waals surface area contributed by atoms with Crippen LogP contribution in [-0.4, -0.2) is 47.5 Å². The van der Waals surface area contributed by atoms with Crippen LogP contribution in [0, 0.1) is 10.1 Å². The third-order valence-corrected chi connectivity index (χ3v) is 2.79. The highest BCUT2D eigenvalue weighted by Gasteiger charge is 2.13. The Labute approximate surface area is 114 Å². The topological polar surface area (TPSA) is 93.1 Å². The van der Waals surface area contributed by atoms with Crippen molar-refractivity contribution in [2.45, 2.75) is 0 Å². The molecule has 2 rings (SSSR count). The van der Waals surface area contributed by atoms with Crippen LogP contribution < -0.4 is 5.43 Å². The molecule has 1 aliphatic rings. The molecule has 1 aromatic rings. The molecule has 8 nitrogen and oxygen atoms in total. The Morgan fingerprint density at radius 2 is 2.26 bits per heavy atom. The first-order valence-corrected chi connectivity index (χ1v) is 5.97. The van der Waals surface area contributed by atoms with Gasteiger partial charge in [0.25, 0.3) is 0 Å². The summed E-state index contributed by atoms with van der Waals surface area (Å²) in [5, 5.41) is 14.8. The molecule has 0 aromatic carbocycles. The molecule has 2 heterocycles. The Morgan fingerprint density at radius 1 is 1.53 bits per heavy atom. The van der Waals surface area contributed by atoms with Gasteiger partial charge in [0.2, 0.25) is 0 Å². The number of thiocarbonyl (C=S) groups is 1. The highest BCUT2D eigenvalue weighted by atomic mass is 32.1. The number of hydrazone groups is 1. The summed E-state index contributed by atoms with van der Waals surface area (Å²) < 4.78 is 10.1. The molecule has 0 spiro atoms. The van der Waals surface area contributed by atoms with E-state index in [0.717, 1.165) is 0 Å². The van der Waals surface area contributed by atoms with E-state index in [0.29, 0.717) is 31.4 Å². The van der Waals surface area contributed by atoms with E-state index in [1.54, 1.807) is 0 Å². The first-order valence-electron chi connectivity index (χ1n) is 5.57. The van der Waals surface area contributed by atoms with E-state index in [-0.39, 0.29) is 11.6 Å². The number of furan rings is 1. The van der Waals surface area contributed by atoms with Crippen molar-refractivity contribution < 1.29 is 14.1 Å². The van der Waals surface area contributed by atoms with Gasteiger partial charge < -0.3 is 14.1 Å². The van der Waals surface area contributed by atoms with Crippen LogP contribution in [0.15, 0.2) is 21.7 Å². The van der Waals surface area contributed by atoms with Gasteiger partial charge in [0.1, 0.15) is 4.92 Å². The monoisotopic (exact) mass is 284 g/mol. The summed E-state index contributed by atoms with van der Waals surface area (Å²) in [7, 11) is 0. The smallest absolute Gasteiger partial charge is 0.400 e. The summed E-state index contributed by atoms with van der Waals surface area (Å²) in [5.74, 6) is -0.0406. The van der Waals surface area contributed by atoms with Crippen molar-refractivity contribution in [2.24, 2.45) is 5.10 Å². The molecule has 0 bridgehead atoms. The number of rotatable bonds is 3. The third kappa shape index (κ3) is 3.73. The maximum Gasteiger partial charge on any atom is 0.433 e. The molecule has 19 heavy (non-hydrogen) atoms. The van der Waals surface area contributed by atoms with E-state index < -0.39 is 4.92 Å². The zero-order chi connectivity index (χ0) is 13.7. The van der Waals surface area contributed by atoms with Crippen molar-refractivity contribution in [3.05, 3.63) is 28.0 Å². The van der Waals surface area contributed by atoms with Crippen molar-refractivity contribution in [3.8, 4) is 0 Å². The molecule has 0 unspecified atom stereocenters. The molecule has 1 aromatic heterocycles. The first-order chi connectivity index (χ1) is 9.16. The summed E-state index contributed by atoms with van der Waals surface area (Å²) in [6.07, 6.45) is 1.33. The lowest BCUT2D eigenvalue weighted by atomic mass is 10.4. The lowest BCUT2D eigenvalue weighted by Crippen LogP contribution is -2.44.